The van der Waals surface area contributed by atoms with Gasteiger partial charge in [-0.15, -0.1) is 0 Å². The van der Waals surface area contributed by atoms with Crippen molar-refractivity contribution in [2.45, 2.75) is 216 Å². The molecule has 46 heavy (non-hydrogen) atoms. The molecule has 0 aliphatic rings. The summed E-state index contributed by atoms with van der Waals surface area (Å²) in [6.07, 6.45) is 42.4. The van der Waals surface area contributed by atoms with E-state index in [-0.39, 0.29) is 0 Å². The Labute approximate surface area is 296 Å². The molecule has 0 unspecified atom stereocenters. The fourth-order valence-electron chi connectivity index (χ4n) is 6.69. The molecule has 0 atom stereocenters. The van der Waals surface area contributed by atoms with E-state index < -0.39 is 0 Å². The van der Waals surface area contributed by atoms with E-state index in [9.17, 15) is 0 Å². The van der Waals surface area contributed by atoms with Crippen molar-refractivity contribution in [1.29, 1.82) is 0 Å². The summed E-state index contributed by atoms with van der Waals surface area (Å²) < 4.78 is 0. The fraction of sp³-hybridized carbons (Fsp3) is 0.727. The van der Waals surface area contributed by atoms with E-state index >= 15 is 0 Å². The zero-order valence-electron chi connectivity index (χ0n) is 30.6. The number of aryl methyl sites for hydroxylation is 2. The van der Waals surface area contributed by atoms with E-state index in [2.05, 4.69) is 62.4 Å². The second-order valence-corrected chi connectivity index (χ2v) is 16.3. The van der Waals surface area contributed by atoms with Crippen LogP contribution in [0.5, 0.6) is 0 Å². The molecule has 0 saturated carbocycles. The van der Waals surface area contributed by atoms with Crippen molar-refractivity contribution in [3.63, 3.8) is 0 Å². The van der Waals surface area contributed by atoms with Crippen LogP contribution in [0.15, 0.2) is 58.3 Å². The van der Waals surface area contributed by atoms with Crippen molar-refractivity contribution in [3.8, 4) is 0 Å². The Morgan fingerprint density at radius 2 is 0.543 bits per heavy atom. The Bertz CT molecular complexity index is 846. The molecule has 2 aromatic rings. The third-order valence-electron chi connectivity index (χ3n) is 9.77. The van der Waals surface area contributed by atoms with Gasteiger partial charge in [0.2, 0.25) is 0 Å². The molecule has 0 spiro atoms. The summed E-state index contributed by atoms with van der Waals surface area (Å²) in [5.74, 6) is 0. The van der Waals surface area contributed by atoms with Crippen LogP contribution in [0.4, 0.5) is 0 Å². The molecule has 0 N–H and O–H groups in total. The summed E-state index contributed by atoms with van der Waals surface area (Å²) in [7, 11) is 3.96. The van der Waals surface area contributed by atoms with Gasteiger partial charge in [-0.05, 0) is 48.9 Å². The summed E-state index contributed by atoms with van der Waals surface area (Å²) in [6, 6.07) is 18.3. The van der Waals surface area contributed by atoms with Crippen molar-refractivity contribution >= 4 is 21.6 Å². The topological polar surface area (TPSA) is 0 Å². The van der Waals surface area contributed by atoms with E-state index in [0.29, 0.717) is 0 Å². The molecule has 0 heterocycles. The zero-order chi connectivity index (χ0) is 32.6. The first-order valence-electron chi connectivity index (χ1n) is 20.4. The Morgan fingerprint density at radius 1 is 0.304 bits per heavy atom. The molecule has 0 nitrogen and oxygen atoms in total. The highest BCUT2D eigenvalue weighted by atomic mass is 33.1. The van der Waals surface area contributed by atoms with Crippen LogP contribution in [-0.4, -0.2) is 0 Å². The average Bonchev–Trinajstić information content (AvgIpc) is 3.08. The lowest BCUT2D eigenvalue weighted by Gasteiger charge is -2.11. The number of hydrogen-bond donors (Lipinski definition) is 0. The minimum atomic E-state index is 1.22. The number of rotatable bonds is 33. The molecule has 0 amide bonds. The minimum absolute atomic E-state index is 1.22. The standard InChI is InChI=1S/C44H74S2/c1-3-5-7-9-11-13-15-17-19-21-23-25-27-29-35-41-37-31-33-39-43(41)45-46-44-40-34-32-38-42(44)36-30-28-26-24-22-20-18-16-14-12-10-8-6-4-2/h31-34,37-40H,3-30,35-36H2,1-2H3. The lowest BCUT2D eigenvalue weighted by Crippen LogP contribution is -1.90. The Kier molecular flexibility index (Phi) is 28.2. The number of benzene rings is 2. The Hall–Kier alpha value is -0.860. The van der Waals surface area contributed by atoms with Crippen LogP contribution in [0.25, 0.3) is 0 Å². The lowest BCUT2D eigenvalue weighted by molar-refractivity contribution is 0.535. The first kappa shape index (κ1) is 41.3. The number of hydrogen-bond acceptors (Lipinski definition) is 2. The summed E-state index contributed by atoms with van der Waals surface area (Å²) >= 11 is 0. The predicted molar refractivity (Wildman–Crippen MR) is 213 cm³/mol. The first-order chi connectivity index (χ1) is 22.8. The molecule has 2 heteroatoms. The summed E-state index contributed by atoms with van der Waals surface area (Å²) in [6.45, 7) is 4.61. The van der Waals surface area contributed by atoms with Crippen LogP contribution in [0.1, 0.15) is 205 Å². The molecule has 0 saturated heterocycles. The highest BCUT2D eigenvalue weighted by molar-refractivity contribution is 8.76. The molecular formula is C44H74S2. The van der Waals surface area contributed by atoms with Gasteiger partial charge in [0.25, 0.3) is 0 Å². The van der Waals surface area contributed by atoms with Gasteiger partial charge in [-0.2, -0.15) is 0 Å². The van der Waals surface area contributed by atoms with Gasteiger partial charge in [0.1, 0.15) is 0 Å². The van der Waals surface area contributed by atoms with Crippen LogP contribution >= 0.6 is 21.6 Å². The van der Waals surface area contributed by atoms with Crippen molar-refractivity contribution in [2.75, 3.05) is 0 Å². The minimum Gasteiger partial charge on any atom is -0.0654 e. The van der Waals surface area contributed by atoms with Crippen LogP contribution in [0, 0.1) is 0 Å². The van der Waals surface area contributed by atoms with Gasteiger partial charge in [0.15, 0.2) is 0 Å². The molecular weight excluding hydrogens is 593 g/mol. The average molecular weight is 667 g/mol. The zero-order valence-corrected chi connectivity index (χ0v) is 32.3. The maximum atomic E-state index is 2.37. The molecule has 0 fully saturated rings. The molecule has 0 aliphatic carbocycles. The molecule has 2 aromatic carbocycles. The van der Waals surface area contributed by atoms with E-state index in [1.165, 1.54) is 202 Å². The first-order valence-corrected chi connectivity index (χ1v) is 22.5. The summed E-state index contributed by atoms with van der Waals surface area (Å²) in [5.41, 5.74) is 3.09. The second-order valence-electron chi connectivity index (χ2n) is 14.1. The van der Waals surface area contributed by atoms with Crippen LogP contribution in [-0.2, 0) is 12.8 Å². The van der Waals surface area contributed by atoms with Gasteiger partial charge in [-0.3, -0.25) is 0 Å². The van der Waals surface area contributed by atoms with Crippen molar-refractivity contribution < 1.29 is 0 Å². The Balaban J connectivity index is 1.52. The van der Waals surface area contributed by atoms with Gasteiger partial charge in [0, 0.05) is 9.79 Å². The maximum Gasteiger partial charge on any atom is 0.0218 e. The maximum absolute atomic E-state index is 2.37. The van der Waals surface area contributed by atoms with Crippen LogP contribution in [0.2, 0.25) is 0 Å². The van der Waals surface area contributed by atoms with Crippen LogP contribution < -0.4 is 0 Å². The van der Waals surface area contributed by atoms with Gasteiger partial charge in [0.05, 0.1) is 0 Å². The predicted octanol–water partition coefficient (Wildman–Crippen LogP) is 16.5. The van der Waals surface area contributed by atoms with Crippen molar-refractivity contribution in [1.82, 2.24) is 0 Å². The molecule has 262 valence electrons. The largest absolute Gasteiger partial charge is 0.0654 e. The molecule has 0 aliphatic heterocycles. The normalized spacial score (nSPS) is 11.4. The fourth-order valence-corrected chi connectivity index (χ4v) is 9.21. The molecule has 2 rings (SSSR count). The van der Waals surface area contributed by atoms with Gasteiger partial charge >= 0.3 is 0 Å². The second kappa shape index (κ2) is 31.4. The smallest absolute Gasteiger partial charge is 0.0218 e. The van der Waals surface area contributed by atoms with Gasteiger partial charge in [-0.25, -0.2) is 0 Å². The summed E-state index contributed by atoms with van der Waals surface area (Å²) in [5, 5.41) is 0. The SMILES string of the molecule is CCCCCCCCCCCCCCCCc1ccccc1SSc1ccccc1CCCCCCCCCCCCCCCC. The molecule has 0 radical (unpaired) electrons. The highest BCUT2D eigenvalue weighted by Crippen LogP contribution is 2.41. The van der Waals surface area contributed by atoms with E-state index in [0.717, 1.165) is 0 Å². The summed E-state index contributed by atoms with van der Waals surface area (Å²) in [4.78, 5) is 2.93. The van der Waals surface area contributed by atoms with Crippen molar-refractivity contribution in [3.05, 3.63) is 59.7 Å². The Morgan fingerprint density at radius 3 is 0.826 bits per heavy atom. The third kappa shape index (κ3) is 22.7. The third-order valence-corrected chi connectivity index (χ3v) is 12.3. The van der Waals surface area contributed by atoms with Crippen LogP contribution in [0.3, 0.4) is 0 Å². The quantitative estimate of drug-likeness (QED) is 0.0549. The van der Waals surface area contributed by atoms with Crippen molar-refractivity contribution in [2.24, 2.45) is 0 Å². The van der Waals surface area contributed by atoms with E-state index in [4.69, 9.17) is 0 Å². The monoisotopic (exact) mass is 667 g/mol. The highest BCUT2D eigenvalue weighted by Gasteiger charge is 2.08. The van der Waals surface area contributed by atoms with Gasteiger partial charge in [-0.1, -0.05) is 239 Å². The molecule has 0 aromatic heterocycles. The van der Waals surface area contributed by atoms with Gasteiger partial charge < -0.3 is 0 Å². The van der Waals surface area contributed by atoms with E-state index in [1.54, 1.807) is 11.1 Å². The molecule has 0 bridgehead atoms. The lowest BCUT2D eigenvalue weighted by atomic mass is 10.0. The number of unbranched alkanes of at least 4 members (excludes halogenated alkanes) is 26. The van der Waals surface area contributed by atoms with E-state index in [1.807, 2.05) is 21.6 Å².